The Balaban J connectivity index is 2.40. The summed E-state index contributed by atoms with van der Waals surface area (Å²) in [6.07, 6.45) is -3.75. The maximum atomic E-state index is 13.2. The van der Waals surface area contributed by atoms with Gasteiger partial charge in [0.05, 0.1) is 17.3 Å². The summed E-state index contributed by atoms with van der Waals surface area (Å²) in [4.78, 5) is 4.77. The topological polar surface area (TPSA) is 49.6 Å². The van der Waals surface area contributed by atoms with Gasteiger partial charge in [-0.25, -0.2) is 4.98 Å². The van der Waals surface area contributed by atoms with Crippen molar-refractivity contribution in [1.82, 2.24) is 9.97 Å². The molecule has 0 N–H and O–H groups in total. The zero-order valence-electron chi connectivity index (χ0n) is 14.0. The van der Waals surface area contributed by atoms with E-state index in [4.69, 9.17) is 0 Å². The lowest BCUT2D eigenvalue weighted by Crippen LogP contribution is -2.12. The van der Waals surface area contributed by atoms with E-state index >= 15 is 0 Å². The monoisotopic (exact) mass is 439 g/mol. The number of aromatic nitrogens is 2. The third-order valence-electron chi connectivity index (χ3n) is 3.97. The van der Waals surface area contributed by atoms with Crippen molar-refractivity contribution in [2.24, 2.45) is 0 Å². The zero-order chi connectivity index (χ0) is 21.7. The molecule has 12 heteroatoms. The molecule has 0 bridgehead atoms. The average Bonchev–Trinajstić information content (AvgIpc) is 2.60. The summed E-state index contributed by atoms with van der Waals surface area (Å²) in [5.41, 5.74) is -2.71. The Hall–Kier alpha value is -2.94. The van der Waals surface area contributed by atoms with Gasteiger partial charge in [-0.05, 0) is 42.0 Å². The lowest BCUT2D eigenvalue weighted by atomic mass is 9.92. The highest BCUT2D eigenvalue weighted by atomic mass is 32.5. The van der Waals surface area contributed by atoms with Gasteiger partial charge in [-0.1, -0.05) is 25.5 Å². The zero-order valence-corrected chi connectivity index (χ0v) is 14.8. The molecule has 0 aliphatic carbocycles. The summed E-state index contributed by atoms with van der Waals surface area (Å²) < 4.78 is 106. The number of halogens is 8. The van der Waals surface area contributed by atoms with E-state index in [9.17, 15) is 37.9 Å². The molecule has 3 rings (SSSR count). The molecule has 0 aliphatic heterocycles. The van der Waals surface area contributed by atoms with Crippen molar-refractivity contribution in [3.05, 3.63) is 65.6 Å². The van der Waals surface area contributed by atoms with Crippen molar-refractivity contribution >= 4 is 21.1 Å². The van der Waals surface area contributed by atoms with E-state index in [-0.39, 0.29) is 17.8 Å². The number of hydrogen-bond donors (Lipinski definition) is 0. The van der Waals surface area contributed by atoms with Gasteiger partial charge in [-0.2, -0.15) is 18.4 Å². The quantitative estimate of drug-likeness (QED) is 0.415. The van der Waals surface area contributed by atoms with Gasteiger partial charge in [-0.3, -0.25) is 4.98 Å². The van der Waals surface area contributed by atoms with E-state index in [1.807, 2.05) is 0 Å². The standard InChI is InChI=1S/C17H9F8N3S/c18-17(19,20)16-8-11(13(9-26)14-3-1-2-6-27-14)12-7-10(4-5-15(12)28-16)29(21,22,23,24)25/h1-8,13H. The lowest BCUT2D eigenvalue weighted by Gasteiger charge is -2.40. The largest absolute Gasteiger partial charge is 0.433 e. The molecule has 0 saturated heterocycles. The van der Waals surface area contributed by atoms with Crippen molar-refractivity contribution < 1.29 is 32.6 Å². The number of nitriles is 1. The summed E-state index contributed by atoms with van der Waals surface area (Å²) in [7, 11) is -10.1. The summed E-state index contributed by atoms with van der Waals surface area (Å²) in [6, 6.07) is 6.61. The van der Waals surface area contributed by atoms with Crippen LogP contribution in [0, 0.1) is 11.3 Å². The van der Waals surface area contributed by atoms with Crippen molar-refractivity contribution in [1.29, 1.82) is 5.26 Å². The SMILES string of the molecule is N#CC(c1ccccn1)c1cc(C(F)(F)F)nc2ccc(S(F)(F)(F)(F)F)cc12. The van der Waals surface area contributed by atoms with Crippen molar-refractivity contribution in [2.45, 2.75) is 17.0 Å². The summed E-state index contributed by atoms with van der Waals surface area (Å²) >= 11 is 0. The molecule has 1 aromatic carbocycles. The van der Waals surface area contributed by atoms with Crippen LogP contribution in [0.4, 0.5) is 32.6 Å². The van der Waals surface area contributed by atoms with Crippen LogP contribution in [0.5, 0.6) is 0 Å². The number of pyridine rings is 2. The molecule has 0 aliphatic rings. The Labute approximate surface area is 158 Å². The van der Waals surface area contributed by atoms with Crippen molar-refractivity contribution in [3.63, 3.8) is 0 Å². The maximum absolute atomic E-state index is 13.2. The molecule has 2 heterocycles. The van der Waals surface area contributed by atoms with Gasteiger partial charge in [0.25, 0.3) is 0 Å². The molecule has 154 valence electrons. The molecule has 3 nitrogen and oxygen atoms in total. The molecule has 29 heavy (non-hydrogen) atoms. The number of rotatable bonds is 3. The molecule has 0 fully saturated rings. The second-order valence-electron chi connectivity index (χ2n) is 6.06. The Morgan fingerprint density at radius 2 is 1.66 bits per heavy atom. The van der Waals surface area contributed by atoms with Gasteiger partial charge >= 0.3 is 16.4 Å². The molecule has 1 unspecified atom stereocenters. The normalized spacial score (nSPS) is 16.0. The minimum atomic E-state index is -10.1. The third-order valence-corrected chi connectivity index (χ3v) is 5.12. The second kappa shape index (κ2) is 5.79. The van der Waals surface area contributed by atoms with Crippen LogP contribution in [0.1, 0.15) is 22.9 Å². The van der Waals surface area contributed by atoms with Gasteiger partial charge < -0.3 is 0 Å². The van der Waals surface area contributed by atoms with Crippen LogP contribution in [-0.2, 0) is 6.18 Å². The van der Waals surface area contributed by atoms with Gasteiger partial charge in [0.1, 0.15) is 16.5 Å². The van der Waals surface area contributed by atoms with Gasteiger partial charge in [0.15, 0.2) is 0 Å². The highest BCUT2D eigenvalue weighted by Gasteiger charge is 2.65. The van der Waals surface area contributed by atoms with Crippen LogP contribution in [0.25, 0.3) is 10.9 Å². The molecule has 0 radical (unpaired) electrons. The minimum absolute atomic E-state index is 0.0205. The van der Waals surface area contributed by atoms with Crippen LogP contribution >= 0.6 is 10.2 Å². The third kappa shape index (κ3) is 4.24. The van der Waals surface area contributed by atoms with E-state index in [1.54, 1.807) is 6.07 Å². The molecule has 0 spiro atoms. The average molecular weight is 439 g/mol. The Morgan fingerprint density at radius 1 is 0.966 bits per heavy atom. The number of benzene rings is 1. The Kier molecular flexibility index (Phi) is 4.15. The summed E-state index contributed by atoms with van der Waals surface area (Å²) in [5.74, 6) is -1.54. The highest BCUT2D eigenvalue weighted by molar-refractivity contribution is 8.45. The van der Waals surface area contributed by atoms with E-state index in [1.165, 1.54) is 24.4 Å². The van der Waals surface area contributed by atoms with Crippen LogP contribution in [-0.4, -0.2) is 9.97 Å². The van der Waals surface area contributed by atoms with Crippen LogP contribution in [0.15, 0.2) is 53.6 Å². The first-order chi connectivity index (χ1) is 13.1. The van der Waals surface area contributed by atoms with E-state index in [0.29, 0.717) is 12.1 Å². The minimum Gasteiger partial charge on any atom is -0.260 e. The van der Waals surface area contributed by atoms with Crippen LogP contribution < -0.4 is 0 Å². The predicted octanol–water partition coefficient (Wildman–Crippen LogP) is 6.96. The van der Waals surface area contributed by atoms with Crippen molar-refractivity contribution in [2.75, 3.05) is 0 Å². The van der Waals surface area contributed by atoms with E-state index in [0.717, 1.165) is 0 Å². The maximum Gasteiger partial charge on any atom is 0.433 e. The number of hydrogen-bond acceptors (Lipinski definition) is 3. The fourth-order valence-electron chi connectivity index (χ4n) is 2.70. The van der Waals surface area contributed by atoms with Gasteiger partial charge in [0.2, 0.25) is 0 Å². The molecule has 0 amide bonds. The molecule has 2 aromatic heterocycles. The number of alkyl halides is 3. The molecular formula is C17H9F8N3S. The fourth-order valence-corrected chi connectivity index (χ4v) is 3.36. The molecule has 1 atom stereocenters. The van der Waals surface area contributed by atoms with Gasteiger partial charge in [0, 0.05) is 11.6 Å². The fraction of sp³-hybridized carbons (Fsp3) is 0.118. The Morgan fingerprint density at radius 3 is 2.17 bits per heavy atom. The predicted molar refractivity (Wildman–Crippen MR) is 89.8 cm³/mol. The first-order valence-electron chi connectivity index (χ1n) is 7.67. The smallest absolute Gasteiger partial charge is 0.260 e. The highest BCUT2D eigenvalue weighted by Crippen LogP contribution is 3.02. The van der Waals surface area contributed by atoms with E-state index < -0.39 is 49.4 Å². The molecule has 0 saturated carbocycles. The summed E-state index contributed by atoms with van der Waals surface area (Å²) in [5, 5.41) is 8.81. The van der Waals surface area contributed by atoms with Crippen molar-refractivity contribution in [3.8, 4) is 6.07 Å². The molecular weight excluding hydrogens is 430 g/mol. The van der Waals surface area contributed by atoms with Gasteiger partial charge in [-0.15, -0.1) is 0 Å². The first-order valence-corrected chi connectivity index (χ1v) is 9.62. The van der Waals surface area contributed by atoms with Crippen LogP contribution in [0.2, 0.25) is 0 Å². The Bertz CT molecular complexity index is 1140. The summed E-state index contributed by atoms with van der Waals surface area (Å²) in [6.45, 7) is 0. The molecule has 3 aromatic rings. The lowest BCUT2D eigenvalue weighted by molar-refractivity contribution is -0.141. The number of fused-ring (bicyclic) bond motifs is 1. The second-order valence-corrected chi connectivity index (χ2v) is 8.47. The first kappa shape index (κ1) is 20.8. The van der Waals surface area contributed by atoms with Crippen LogP contribution in [0.3, 0.4) is 0 Å². The van der Waals surface area contributed by atoms with E-state index in [2.05, 4.69) is 9.97 Å². The number of nitrogens with zero attached hydrogens (tertiary/aromatic N) is 3.